The Morgan fingerprint density at radius 1 is 1.04 bits per heavy atom. The Hall–Kier alpha value is -3.12. The van der Waals surface area contributed by atoms with Crippen molar-refractivity contribution in [1.82, 2.24) is 10.6 Å². The van der Waals surface area contributed by atoms with Gasteiger partial charge in [0, 0.05) is 17.0 Å². The zero-order valence-electron chi connectivity index (χ0n) is 15.6. The number of amides is 2. The second kappa shape index (κ2) is 9.71. The molecule has 2 amide bonds. The van der Waals surface area contributed by atoms with Crippen molar-refractivity contribution in [2.45, 2.75) is 26.1 Å². The Kier molecular flexibility index (Phi) is 6.81. The van der Waals surface area contributed by atoms with Crippen molar-refractivity contribution >= 4 is 23.2 Å². The van der Waals surface area contributed by atoms with E-state index in [9.17, 15) is 9.59 Å². The topological polar surface area (TPSA) is 67.4 Å². The van der Waals surface area contributed by atoms with Crippen LogP contribution in [-0.2, 0) is 17.9 Å². The Labute approximate surface area is 168 Å². The number of hydrogen-bond donors (Lipinski definition) is 2. The van der Waals surface area contributed by atoms with Crippen molar-refractivity contribution in [3.05, 3.63) is 88.1 Å². The minimum absolute atomic E-state index is 0.234. The number of nitrogens with one attached hydrogen (secondary N) is 2. The summed E-state index contributed by atoms with van der Waals surface area (Å²) in [4.78, 5) is 25.8. The highest BCUT2D eigenvalue weighted by molar-refractivity contribution is 7.09. The molecule has 144 valence electrons. The largest absolute Gasteiger partial charge is 0.488 e. The highest BCUT2D eigenvalue weighted by Crippen LogP contribution is 2.17. The molecule has 3 rings (SSSR count). The molecule has 2 N–H and O–H groups in total. The first-order valence-corrected chi connectivity index (χ1v) is 9.87. The molecule has 0 saturated carbocycles. The third kappa shape index (κ3) is 5.69. The lowest BCUT2D eigenvalue weighted by molar-refractivity contribution is -0.122. The molecule has 1 atom stereocenters. The van der Waals surface area contributed by atoms with Gasteiger partial charge in [0.2, 0.25) is 5.91 Å². The molecule has 0 aliphatic rings. The molecule has 6 heteroatoms. The predicted octanol–water partition coefficient (Wildman–Crippen LogP) is 3.76. The minimum atomic E-state index is -0.646. The molecule has 2 aromatic carbocycles. The van der Waals surface area contributed by atoms with Crippen molar-refractivity contribution in [3.8, 4) is 5.75 Å². The van der Waals surface area contributed by atoms with Gasteiger partial charge in [0.25, 0.3) is 5.91 Å². The molecule has 0 fully saturated rings. The Morgan fingerprint density at radius 2 is 1.86 bits per heavy atom. The van der Waals surface area contributed by atoms with Gasteiger partial charge in [-0.1, -0.05) is 42.5 Å². The fourth-order valence-corrected chi connectivity index (χ4v) is 3.18. The van der Waals surface area contributed by atoms with Gasteiger partial charge in [-0.05, 0) is 42.1 Å². The summed E-state index contributed by atoms with van der Waals surface area (Å²) in [6.07, 6.45) is 0. The fourth-order valence-electron chi connectivity index (χ4n) is 2.56. The van der Waals surface area contributed by atoms with Crippen molar-refractivity contribution in [3.63, 3.8) is 0 Å². The number of carbonyl (C=O) groups excluding carboxylic acids is 2. The summed E-state index contributed by atoms with van der Waals surface area (Å²) in [6, 6.07) is 19.9. The van der Waals surface area contributed by atoms with Gasteiger partial charge in [-0.2, -0.15) is 0 Å². The predicted molar refractivity (Wildman–Crippen MR) is 110 cm³/mol. The van der Waals surface area contributed by atoms with E-state index in [4.69, 9.17) is 4.74 Å². The quantitative estimate of drug-likeness (QED) is 0.611. The Morgan fingerprint density at radius 3 is 2.61 bits per heavy atom. The molecule has 1 unspecified atom stereocenters. The van der Waals surface area contributed by atoms with Gasteiger partial charge in [-0.25, -0.2) is 0 Å². The van der Waals surface area contributed by atoms with Crippen LogP contribution in [-0.4, -0.2) is 17.9 Å². The minimum Gasteiger partial charge on any atom is -0.488 e. The zero-order valence-corrected chi connectivity index (χ0v) is 16.4. The second-order valence-corrected chi connectivity index (χ2v) is 7.33. The highest BCUT2D eigenvalue weighted by Gasteiger charge is 2.16. The third-order valence-electron chi connectivity index (χ3n) is 4.11. The molecule has 0 radical (unpaired) electrons. The van der Waals surface area contributed by atoms with Gasteiger partial charge in [0.1, 0.15) is 18.4 Å². The van der Waals surface area contributed by atoms with E-state index in [1.807, 2.05) is 47.8 Å². The van der Waals surface area contributed by atoms with Gasteiger partial charge in [-0.3, -0.25) is 9.59 Å². The van der Waals surface area contributed by atoms with Gasteiger partial charge < -0.3 is 15.4 Å². The summed E-state index contributed by atoms with van der Waals surface area (Å²) in [7, 11) is 0. The summed E-state index contributed by atoms with van der Waals surface area (Å²) < 4.78 is 5.73. The molecule has 1 aromatic heterocycles. The molecule has 1 heterocycles. The molecule has 3 aromatic rings. The highest BCUT2D eigenvalue weighted by atomic mass is 32.1. The van der Waals surface area contributed by atoms with Crippen LogP contribution in [0.15, 0.2) is 72.1 Å². The summed E-state index contributed by atoms with van der Waals surface area (Å²) in [5, 5.41) is 7.54. The summed E-state index contributed by atoms with van der Waals surface area (Å²) in [6.45, 7) is 2.54. The smallest absolute Gasteiger partial charge is 0.252 e. The monoisotopic (exact) mass is 394 g/mol. The fraction of sp³-hybridized carbons (Fsp3) is 0.182. The number of carbonyl (C=O) groups is 2. The van der Waals surface area contributed by atoms with Crippen molar-refractivity contribution in [1.29, 1.82) is 0 Å². The first-order valence-electron chi connectivity index (χ1n) is 8.99. The maximum Gasteiger partial charge on any atom is 0.252 e. The van der Waals surface area contributed by atoms with Crippen LogP contribution in [0.3, 0.4) is 0 Å². The molecular formula is C22H22N2O3S. The van der Waals surface area contributed by atoms with Crippen LogP contribution in [0.1, 0.15) is 27.7 Å². The molecule has 5 nitrogen and oxygen atoms in total. The molecule has 0 aliphatic heterocycles. The third-order valence-corrected chi connectivity index (χ3v) is 4.96. The van der Waals surface area contributed by atoms with Crippen LogP contribution in [0.4, 0.5) is 0 Å². The van der Waals surface area contributed by atoms with Crippen LogP contribution in [0, 0.1) is 0 Å². The maximum absolute atomic E-state index is 12.5. The summed E-state index contributed by atoms with van der Waals surface area (Å²) in [5.41, 5.74) is 1.45. The molecular weight excluding hydrogens is 372 g/mol. The number of hydrogen-bond acceptors (Lipinski definition) is 4. The first-order chi connectivity index (χ1) is 13.6. The van der Waals surface area contributed by atoms with Gasteiger partial charge in [-0.15, -0.1) is 11.3 Å². The van der Waals surface area contributed by atoms with E-state index >= 15 is 0 Å². The second-order valence-electron chi connectivity index (χ2n) is 6.29. The molecule has 0 bridgehead atoms. The normalized spacial score (nSPS) is 11.5. The van der Waals surface area contributed by atoms with E-state index in [1.54, 1.807) is 42.5 Å². The lowest BCUT2D eigenvalue weighted by atomic mass is 10.2. The number of rotatable bonds is 8. The molecule has 0 saturated heterocycles. The number of benzene rings is 2. The SMILES string of the molecule is CC(NC(=O)c1cccc(OCc2cccs2)c1)C(=O)NCc1ccccc1. The lowest BCUT2D eigenvalue weighted by Gasteiger charge is -2.15. The van der Waals surface area contributed by atoms with Crippen LogP contribution < -0.4 is 15.4 Å². The van der Waals surface area contributed by atoms with E-state index in [0.717, 1.165) is 10.4 Å². The standard InChI is InChI=1S/C22H22N2O3S/c1-16(21(25)23-14-17-7-3-2-4-8-17)24-22(26)18-9-5-10-19(13-18)27-15-20-11-6-12-28-20/h2-13,16H,14-15H2,1H3,(H,23,25)(H,24,26). The number of thiophene rings is 1. The zero-order chi connectivity index (χ0) is 19.8. The van der Waals surface area contributed by atoms with E-state index in [-0.39, 0.29) is 11.8 Å². The Bertz CT molecular complexity index is 911. The molecule has 0 spiro atoms. The lowest BCUT2D eigenvalue weighted by Crippen LogP contribution is -2.44. The molecule has 0 aliphatic carbocycles. The van der Waals surface area contributed by atoms with Gasteiger partial charge in [0.15, 0.2) is 0 Å². The van der Waals surface area contributed by atoms with E-state index in [2.05, 4.69) is 10.6 Å². The van der Waals surface area contributed by atoms with Gasteiger partial charge in [0.05, 0.1) is 0 Å². The maximum atomic E-state index is 12.5. The van der Waals surface area contributed by atoms with Crippen LogP contribution in [0.25, 0.3) is 0 Å². The van der Waals surface area contributed by atoms with E-state index in [0.29, 0.717) is 24.5 Å². The summed E-state index contributed by atoms with van der Waals surface area (Å²) in [5.74, 6) is 0.0634. The van der Waals surface area contributed by atoms with Crippen molar-refractivity contribution < 1.29 is 14.3 Å². The molecule has 28 heavy (non-hydrogen) atoms. The average molecular weight is 394 g/mol. The van der Waals surface area contributed by atoms with Crippen molar-refractivity contribution in [2.75, 3.05) is 0 Å². The van der Waals surface area contributed by atoms with E-state index < -0.39 is 6.04 Å². The average Bonchev–Trinajstić information content (AvgIpc) is 3.25. The van der Waals surface area contributed by atoms with Crippen LogP contribution >= 0.6 is 11.3 Å². The van der Waals surface area contributed by atoms with Crippen LogP contribution in [0.2, 0.25) is 0 Å². The van der Waals surface area contributed by atoms with E-state index in [1.165, 1.54) is 0 Å². The van der Waals surface area contributed by atoms with Crippen LogP contribution in [0.5, 0.6) is 5.75 Å². The summed E-state index contributed by atoms with van der Waals surface area (Å²) >= 11 is 1.62. The van der Waals surface area contributed by atoms with Crippen molar-refractivity contribution in [2.24, 2.45) is 0 Å². The Balaban J connectivity index is 1.51. The van der Waals surface area contributed by atoms with Gasteiger partial charge >= 0.3 is 0 Å². The first kappa shape index (κ1) is 19.6. The number of ether oxygens (including phenoxy) is 1.